The number of aliphatic imine (C=N–C) groups is 1. The third kappa shape index (κ3) is 2.67. The lowest BCUT2D eigenvalue weighted by molar-refractivity contribution is 1.27. The molecule has 0 amide bonds. The molecule has 1 heterocycles. The summed E-state index contributed by atoms with van der Waals surface area (Å²) < 4.78 is 0. The summed E-state index contributed by atoms with van der Waals surface area (Å²) >= 11 is 0. The molecule has 0 aliphatic heterocycles. The Labute approximate surface area is 78.4 Å². The Balaban J connectivity index is 3.03. The second-order valence-corrected chi connectivity index (χ2v) is 2.40. The van der Waals surface area contributed by atoms with Crippen molar-refractivity contribution in [1.82, 2.24) is 4.98 Å². The fourth-order valence-corrected chi connectivity index (χ4v) is 0.941. The molecule has 0 radical (unpaired) electrons. The summed E-state index contributed by atoms with van der Waals surface area (Å²) in [6, 6.07) is 3.85. The molecular weight excluding hydrogens is 160 g/mol. The van der Waals surface area contributed by atoms with Crippen LogP contribution in [0.25, 0.3) is 6.08 Å². The van der Waals surface area contributed by atoms with Crippen molar-refractivity contribution in [2.75, 3.05) is 0 Å². The summed E-state index contributed by atoms with van der Waals surface area (Å²) in [6.07, 6.45) is 8.99. The van der Waals surface area contributed by atoms with Crippen LogP contribution < -0.4 is 0 Å². The molecule has 0 bridgehead atoms. The smallest absolute Gasteiger partial charge is 0.158 e. The van der Waals surface area contributed by atoms with Crippen molar-refractivity contribution in [3.05, 3.63) is 42.6 Å². The first kappa shape index (κ1) is 9.39. The van der Waals surface area contributed by atoms with E-state index in [1.807, 2.05) is 31.2 Å². The lowest BCUT2D eigenvalue weighted by Gasteiger charge is -1.96. The Hall–Kier alpha value is -1.70. The van der Waals surface area contributed by atoms with E-state index >= 15 is 0 Å². The molecule has 0 atom stereocenters. The number of hydrogen-bond donors (Lipinski definition) is 0. The average molecular weight is 172 g/mol. The van der Waals surface area contributed by atoms with Crippen LogP contribution in [-0.4, -0.2) is 11.2 Å². The third-order valence-corrected chi connectivity index (χ3v) is 1.48. The van der Waals surface area contributed by atoms with Gasteiger partial charge in [-0.05, 0) is 19.1 Å². The molecule has 0 aliphatic carbocycles. The molecule has 2 heteroatoms. The zero-order valence-corrected chi connectivity index (χ0v) is 7.64. The summed E-state index contributed by atoms with van der Waals surface area (Å²) in [5.41, 5.74) is 1.00. The SMILES string of the molecule is C=C/C=C\c1cccnc1N=CC. The number of aromatic nitrogens is 1. The monoisotopic (exact) mass is 172 g/mol. The van der Waals surface area contributed by atoms with Crippen LogP contribution in [0.4, 0.5) is 5.82 Å². The quantitative estimate of drug-likeness (QED) is 0.508. The maximum Gasteiger partial charge on any atom is 0.158 e. The first-order valence-corrected chi connectivity index (χ1v) is 4.11. The molecule has 1 aromatic heterocycles. The van der Waals surface area contributed by atoms with Crippen molar-refractivity contribution >= 4 is 18.1 Å². The zero-order chi connectivity index (χ0) is 9.52. The maximum absolute atomic E-state index is 4.14. The molecule has 0 N–H and O–H groups in total. The van der Waals surface area contributed by atoms with Gasteiger partial charge in [-0.15, -0.1) is 0 Å². The summed E-state index contributed by atoms with van der Waals surface area (Å²) in [4.78, 5) is 8.28. The van der Waals surface area contributed by atoms with Gasteiger partial charge in [-0.3, -0.25) is 0 Å². The fraction of sp³-hybridized carbons (Fsp3) is 0.0909. The second kappa shape index (κ2) is 5.04. The van der Waals surface area contributed by atoms with E-state index in [0.717, 1.165) is 11.4 Å². The molecule has 0 saturated carbocycles. The van der Waals surface area contributed by atoms with Crippen LogP contribution in [0.15, 0.2) is 42.1 Å². The van der Waals surface area contributed by atoms with Gasteiger partial charge >= 0.3 is 0 Å². The molecule has 0 unspecified atom stereocenters. The van der Waals surface area contributed by atoms with Gasteiger partial charge in [0, 0.05) is 18.0 Å². The maximum atomic E-state index is 4.14. The van der Waals surface area contributed by atoms with E-state index in [-0.39, 0.29) is 0 Å². The van der Waals surface area contributed by atoms with Gasteiger partial charge in [-0.25, -0.2) is 9.98 Å². The highest BCUT2D eigenvalue weighted by molar-refractivity contribution is 5.66. The molecule has 1 rings (SSSR count). The van der Waals surface area contributed by atoms with E-state index in [9.17, 15) is 0 Å². The first-order chi connectivity index (χ1) is 6.38. The molecule has 0 aliphatic rings. The van der Waals surface area contributed by atoms with Crippen molar-refractivity contribution in [3.63, 3.8) is 0 Å². The highest BCUT2D eigenvalue weighted by Gasteiger charge is 1.94. The lowest BCUT2D eigenvalue weighted by atomic mass is 10.2. The molecule has 66 valence electrons. The van der Waals surface area contributed by atoms with Gasteiger partial charge in [0.1, 0.15) is 0 Å². The molecule has 0 saturated heterocycles. The lowest BCUT2D eigenvalue weighted by Crippen LogP contribution is -1.78. The Bertz CT molecular complexity index is 338. The van der Waals surface area contributed by atoms with Crippen LogP contribution in [0.5, 0.6) is 0 Å². The van der Waals surface area contributed by atoms with Crippen LogP contribution in [0.1, 0.15) is 12.5 Å². The van der Waals surface area contributed by atoms with Gasteiger partial charge in [0.15, 0.2) is 5.82 Å². The molecule has 0 aromatic carbocycles. The van der Waals surface area contributed by atoms with Crippen molar-refractivity contribution in [2.45, 2.75) is 6.92 Å². The molecule has 0 fully saturated rings. The number of allylic oxidation sites excluding steroid dienone is 2. The van der Waals surface area contributed by atoms with Crippen LogP contribution in [0.3, 0.4) is 0 Å². The average Bonchev–Trinajstić information content (AvgIpc) is 2.17. The van der Waals surface area contributed by atoms with Crippen LogP contribution in [-0.2, 0) is 0 Å². The van der Waals surface area contributed by atoms with E-state index in [1.54, 1.807) is 18.5 Å². The molecule has 2 nitrogen and oxygen atoms in total. The third-order valence-electron chi connectivity index (χ3n) is 1.48. The molecule has 13 heavy (non-hydrogen) atoms. The minimum Gasteiger partial charge on any atom is -0.241 e. The van der Waals surface area contributed by atoms with E-state index in [1.165, 1.54) is 0 Å². The predicted octanol–water partition coefficient (Wildman–Crippen LogP) is 3.00. The predicted molar refractivity (Wildman–Crippen MR) is 57.3 cm³/mol. The van der Waals surface area contributed by atoms with E-state index < -0.39 is 0 Å². The summed E-state index contributed by atoms with van der Waals surface area (Å²) in [7, 11) is 0. The van der Waals surface area contributed by atoms with E-state index in [0.29, 0.717) is 0 Å². The van der Waals surface area contributed by atoms with Crippen LogP contribution in [0, 0.1) is 0 Å². The van der Waals surface area contributed by atoms with Crippen LogP contribution in [0.2, 0.25) is 0 Å². The van der Waals surface area contributed by atoms with E-state index in [4.69, 9.17) is 0 Å². The highest BCUT2D eigenvalue weighted by atomic mass is 14.9. The van der Waals surface area contributed by atoms with Crippen LogP contribution >= 0.6 is 0 Å². The van der Waals surface area contributed by atoms with Crippen molar-refractivity contribution in [1.29, 1.82) is 0 Å². The standard InChI is InChI=1S/C11H12N2/c1-3-5-7-10-8-6-9-13-11(10)12-4-2/h3-9H,1H2,2H3/b7-5-,12-4?. The van der Waals surface area contributed by atoms with Crippen molar-refractivity contribution in [3.8, 4) is 0 Å². The normalized spacial score (nSPS) is 11.2. The Morgan fingerprint density at radius 1 is 1.54 bits per heavy atom. The largest absolute Gasteiger partial charge is 0.241 e. The summed E-state index contributed by atoms with van der Waals surface area (Å²) in [6.45, 7) is 5.48. The van der Waals surface area contributed by atoms with Gasteiger partial charge in [-0.1, -0.05) is 24.8 Å². The Morgan fingerprint density at radius 3 is 3.08 bits per heavy atom. The van der Waals surface area contributed by atoms with Gasteiger partial charge in [0.05, 0.1) is 0 Å². The number of pyridine rings is 1. The Kier molecular flexibility index (Phi) is 3.64. The fourth-order valence-electron chi connectivity index (χ4n) is 0.941. The first-order valence-electron chi connectivity index (χ1n) is 4.11. The molecular formula is C11H12N2. The second-order valence-electron chi connectivity index (χ2n) is 2.40. The van der Waals surface area contributed by atoms with Crippen molar-refractivity contribution in [2.24, 2.45) is 4.99 Å². The topological polar surface area (TPSA) is 25.2 Å². The van der Waals surface area contributed by atoms with Gasteiger partial charge in [0.25, 0.3) is 0 Å². The summed E-state index contributed by atoms with van der Waals surface area (Å²) in [5.74, 6) is 0.739. The zero-order valence-electron chi connectivity index (χ0n) is 7.64. The summed E-state index contributed by atoms with van der Waals surface area (Å²) in [5, 5.41) is 0. The van der Waals surface area contributed by atoms with Gasteiger partial charge in [0.2, 0.25) is 0 Å². The minimum atomic E-state index is 0.739. The molecule has 0 spiro atoms. The Morgan fingerprint density at radius 2 is 2.38 bits per heavy atom. The van der Waals surface area contributed by atoms with Crippen molar-refractivity contribution < 1.29 is 0 Å². The van der Waals surface area contributed by atoms with Gasteiger partial charge < -0.3 is 0 Å². The number of hydrogen-bond acceptors (Lipinski definition) is 2. The highest BCUT2D eigenvalue weighted by Crippen LogP contribution is 2.15. The van der Waals surface area contributed by atoms with E-state index in [2.05, 4.69) is 16.6 Å². The van der Waals surface area contributed by atoms with Gasteiger partial charge in [-0.2, -0.15) is 0 Å². The number of nitrogens with zero attached hydrogens (tertiary/aromatic N) is 2. The molecule has 1 aromatic rings. The number of rotatable bonds is 3. The minimum absolute atomic E-state index is 0.739.